The van der Waals surface area contributed by atoms with Crippen molar-refractivity contribution in [1.29, 1.82) is 0 Å². The van der Waals surface area contributed by atoms with Gasteiger partial charge >= 0.3 is 0 Å². The minimum absolute atomic E-state index is 0.722. The lowest BCUT2D eigenvalue weighted by atomic mass is 10.1. The number of hydrogen-bond acceptors (Lipinski definition) is 0. The Morgan fingerprint density at radius 3 is 2.00 bits per heavy atom. The number of benzene rings is 2. The van der Waals surface area contributed by atoms with E-state index in [-0.39, 0.29) is 0 Å². The summed E-state index contributed by atoms with van der Waals surface area (Å²) in [5.41, 5.74) is 3.38. The molecule has 88 valence electrons. The van der Waals surface area contributed by atoms with Crippen molar-refractivity contribution in [3.05, 3.63) is 78.1 Å². The van der Waals surface area contributed by atoms with E-state index in [4.69, 9.17) is 11.6 Å². The van der Waals surface area contributed by atoms with Crippen molar-refractivity contribution in [2.24, 2.45) is 0 Å². The molecule has 0 unspecified atom stereocenters. The first-order valence-corrected chi connectivity index (χ1v) is 6.21. The molecule has 1 heterocycles. The van der Waals surface area contributed by atoms with Crippen LogP contribution < -0.4 is 0 Å². The van der Waals surface area contributed by atoms with Gasteiger partial charge in [-0.15, -0.1) is 0 Å². The van der Waals surface area contributed by atoms with Gasteiger partial charge in [0.25, 0.3) is 0 Å². The van der Waals surface area contributed by atoms with Crippen LogP contribution in [0.5, 0.6) is 0 Å². The number of para-hydroxylation sites is 1. The molecule has 0 radical (unpaired) electrons. The first-order valence-electron chi connectivity index (χ1n) is 5.83. The summed E-state index contributed by atoms with van der Waals surface area (Å²) in [5.74, 6) is 0. The predicted octanol–water partition coefficient (Wildman–Crippen LogP) is 4.80. The van der Waals surface area contributed by atoms with Crippen LogP contribution in [0.1, 0.15) is 0 Å². The van der Waals surface area contributed by atoms with Crippen LogP contribution in [-0.4, -0.2) is 4.57 Å². The normalized spacial score (nSPS) is 10.5. The molecule has 0 aliphatic carbocycles. The van der Waals surface area contributed by atoms with Gasteiger partial charge < -0.3 is 4.57 Å². The van der Waals surface area contributed by atoms with Crippen LogP contribution in [0.2, 0.25) is 5.15 Å². The second-order valence-electron chi connectivity index (χ2n) is 4.12. The highest BCUT2D eigenvalue weighted by Gasteiger charge is 2.06. The van der Waals surface area contributed by atoms with E-state index in [0.29, 0.717) is 0 Å². The van der Waals surface area contributed by atoms with E-state index in [1.807, 2.05) is 59.2 Å². The third-order valence-corrected chi connectivity index (χ3v) is 3.21. The standard InChI is InChI=1S/C16H12ClN/c17-16-11-14(13-7-3-1-4-8-13)12-18(16)15-9-5-2-6-10-15/h1-12H. The van der Waals surface area contributed by atoms with Crippen LogP contribution in [0.15, 0.2) is 72.9 Å². The second kappa shape index (κ2) is 4.71. The van der Waals surface area contributed by atoms with Gasteiger partial charge in [-0.2, -0.15) is 0 Å². The number of aromatic nitrogens is 1. The Morgan fingerprint density at radius 1 is 0.722 bits per heavy atom. The van der Waals surface area contributed by atoms with Crippen molar-refractivity contribution in [2.75, 3.05) is 0 Å². The molecule has 3 aromatic rings. The van der Waals surface area contributed by atoms with E-state index in [2.05, 4.69) is 18.3 Å². The van der Waals surface area contributed by atoms with Crippen molar-refractivity contribution in [2.45, 2.75) is 0 Å². The highest BCUT2D eigenvalue weighted by atomic mass is 35.5. The van der Waals surface area contributed by atoms with E-state index in [1.54, 1.807) is 0 Å². The van der Waals surface area contributed by atoms with Crippen LogP contribution in [0.4, 0.5) is 0 Å². The lowest BCUT2D eigenvalue weighted by molar-refractivity contribution is 1.08. The van der Waals surface area contributed by atoms with Crippen LogP contribution in [-0.2, 0) is 0 Å². The summed E-state index contributed by atoms with van der Waals surface area (Å²) in [5, 5.41) is 0.722. The first-order chi connectivity index (χ1) is 8.84. The lowest BCUT2D eigenvalue weighted by Gasteiger charge is -2.03. The lowest BCUT2D eigenvalue weighted by Crippen LogP contribution is -1.90. The Labute approximate surface area is 111 Å². The largest absolute Gasteiger partial charge is 0.307 e. The van der Waals surface area contributed by atoms with Gasteiger partial charge in [-0.25, -0.2) is 0 Å². The van der Waals surface area contributed by atoms with E-state index in [0.717, 1.165) is 16.4 Å². The number of nitrogens with zero attached hydrogens (tertiary/aromatic N) is 1. The van der Waals surface area contributed by atoms with Crippen LogP contribution in [0.3, 0.4) is 0 Å². The van der Waals surface area contributed by atoms with Gasteiger partial charge in [0.1, 0.15) is 5.15 Å². The summed E-state index contributed by atoms with van der Waals surface area (Å²) >= 11 is 6.29. The van der Waals surface area contributed by atoms with Crippen LogP contribution in [0.25, 0.3) is 16.8 Å². The molecule has 2 heteroatoms. The smallest absolute Gasteiger partial charge is 0.114 e. The summed E-state index contributed by atoms with van der Waals surface area (Å²) in [4.78, 5) is 0. The average Bonchev–Trinajstić information content (AvgIpc) is 2.83. The number of rotatable bonds is 2. The maximum atomic E-state index is 6.29. The minimum atomic E-state index is 0.722. The fraction of sp³-hybridized carbons (Fsp3) is 0. The van der Waals surface area contributed by atoms with Crippen LogP contribution in [0, 0.1) is 0 Å². The summed E-state index contributed by atoms with van der Waals surface area (Å²) in [6, 6.07) is 22.3. The van der Waals surface area contributed by atoms with Gasteiger partial charge in [0.05, 0.1) is 0 Å². The number of hydrogen-bond donors (Lipinski definition) is 0. The Morgan fingerprint density at radius 2 is 1.33 bits per heavy atom. The fourth-order valence-corrected chi connectivity index (χ4v) is 2.27. The molecule has 0 atom stereocenters. The van der Waals surface area contributed by atoms with Gasteiger partial charge in [-0.05, 0) is 23.8 Å². The Bertz CT molecular complexity index is 641. The topological polar surface area (TPSA) is 4.93 Å². The van der Waals surface area contributed by atoms with E-state index in [9.17, 15) is 0 Å². The Hall–Kier alpha value is -1.99. The van der Waals surface area contributed by atoms with E-state index < -0.39 is 0 Å². The molecule has 1 aromatic heterocycles. The number of halogens is 1. The van der Waals surface area contributed by atoms with Gasteiger partial charge in [0, 0.05) is 17.4 Å². The van der Waals surface area contributed by atoms with Gasteiger partial charge in [-0.1, -0.05) is 60.1 Å². The highest BCUT2D eigenvalue weighted by Crippen LogP contribution is 2.27. The molecular weight excluding hydrogens is 242 g/mol. The molecule has 0 amide bonds. The molecule has 0 aliphatic heterocycles. The maximum absolute atomic E-state index is 6.29. The molecule has 0 fully saturated rings. The summed E-state index contributed by atoms with van der Waals surface area (Å²) in [6.07, 6.45) is 2.06. The summed E-state index contributed by atoms with van der Waals surface area (Å²) in [6.45, 7) is 0. The van der Waals surface area contributed by atoms with E-state index in [1.165, 1.54) is 5.56 Å². The first kappa shape index (κ1) is 11.1. The molecule has 0 N–H and O–H groups in total. The van der Waals surface area contributed by atoms with E-state index >= 15 is 0 Å². The molecule has 0 saturated heterocycles. The van der Waals surface area contributed by atoms with Crippen molar-refractivity contribution >= 4 is 11.6 Å². The maximum Gasteiger partial charge on any atom is 0.114 e. The predicted molar refractivity (Wildman–Crippen MR) is 76.2 cm³/mol. The third kappa shape index (κ3) is 2.05. The molecular formula is C16H12ClN. The summed E-state index contributed by atoms with van der Waals surface area (Å²) in [7, 11) is 0. The molecule has 3 rings (SSSR count). The quantitative estimate of drug-likeness (QED) is 0.618. The zero-order chi connectivity index (χ0) is 12.4. The van der Waals surface area contributed by atoms with Crippen molar-refractivity contribution in [3.8, 4) is 16.8 Å². The van der Waals surface area contributed by atoms with Crippen molar-refractivity contribution in [1.82, 2.24) is 4.57 Å². The fourth-order valence-electron chi connectivity index (χ4n) is 2.01. The third-order valence-electron chi connectivity index (χ3n) is 2.91. The zero-order valence-corrected chi connectivity index (χ0v) is 10.5. The van der Waals surface area contributed by atoms with Gasteiger partial charge in [0.15, 0.2) is 0 Å². The molecule has 0 saturated carbocycles. The monoisotopic (exact) mass is 253 g/mol. The molecule has 18 heavy (non-hydrogen) atoms. The van der Waals surface area contributed by atoms with Crippen molar-refractivity contribution < 1.29 is 0 Å². The molecule has 2 aromatic carbocycles. The molecule has 0 aliphatic rings. The average molecular weight is 254 g/mol. The highest BCUT2D eigenvalue weighted by molar-refractivity contribution is 6.30. The van der Waals surface area contributed by atoms with Gasteiger partial charge in [-0.3, -0.25) is 0 Å². The molecule has 0 spiro atoms. The molecule has 1 nitrogen and oxygen atoms in total. The van der Waals surface area contributed by atoms with Crippen LogP contribution >= 0.6 is 11.6 Å². The summed E-state index contributed by atoms with van der Waals surface area (Å²) < 4.78 is 1.99. The molecule has 0 bridgehead atoms. The van der Waals surface area contributed by atoms with Crippen molar-refractivity contribution in [3.63, 3.8) is 0 Å². The minimum Gasteiger partial charge on any atom is -0.307 e. The second-order valence-corrected chi connectivity index (χ2v) is 4.51. The van der Waals surface area contributed by atoms with Gasteiger partial charge in [0.2, 0.25) is 0 Å². The SMILES string of the molecule is Clc1cc(-c2ccccc2)cn1-c1ccccc1. The zero-order valence-electron chi connectivity index (χ0n) is 9.75. The Balaban J connectivity index is 2.07. The Kier molecular flexibility index (Phi) is 2.91.